The summed E-state index contributed by atoms with van der Waals surface area (Å²) in [5.74, 6) is 2.60. The maximum absolute atomic E-state index is 12.8. The second kappa shape index (κ2) is 9.31. The van der Waals surface area contributed by atoms with Crippen molar-refractivity contribution in [3.63, 3.8) is 0 Å². The summed E-state index contributed by atoms with van der Waals surface area (Å²) in [6.07, 6.45) is 12.6. The molecule has 4 aliphatic rings. The molecule has 0 spiro atoms. The lowest BCUT2D eigenvalue weighted by atomic mass is 9.88. The third-order valence-corrected chi connectivity index (χ3v) is 7.03. The first kappa shape index (κ1) is 21.2. The molecule has 3 aliphatic carbocycles. The first-order chi connectivity index (χ1) is 12.7. The van der Waals surface area contributed by atoms with E-state index in [9.17, 15) is 4.79 Å². The van der Waals surface area contributed by atoms with Crippen LogP contribution >= 0.6 is 24.0 Å². The van der Waals surface area contributed by atoms with Gasteiger partial charge >= 0.3 is 0 Å². The average Bonchev–Trinajstić information content (AvgIpc) is 3.58. The van der Waals surface area contributed by atoms with Crippen LogP contribution in [-0.4, -0.2) is 49.0 Å². The number of carbonyl (C=O) groups is 1. The van der Waals surface area contributed by atoms with E-state index in [1.54, 1.807) is 0 Å². The molecule has 1 saturated heterocycles. The zero-order valence-corrected chi connectivity index (χ0v) is 19.2. The topological polar surface area (TPSA) is 56.7 Å². The highest BCUT2D eigenvalue weighted by molar-refractivity contribution is 14.0. The fraction of sp³-hybridized carbons (Fsp3) is 0.905. The predicted molar refractivity (Wildman–Crippen MR) is 120 cm³/mol. The highest BCUT2D eigenvalue weighted by Crippen LogP contribution is 2.61. The zero-order chi connectivity index (χ0) is 18.0. The second-order valence-electron chi connectivity index (χ2n) is 9.08. The second-order valence-corrected chi connectivity index (χ2v) is 9.08. The Morgan fingerprint density at radius 3 is 2.48 bits per heavy atom. The molecule has 154 valence electrons. The van der Waals surface area contributed by atoms with Gasteiger partial charge in [-0.05, 0) is 63.2 Å². The first-order valence-corrected chi connectivity index (χ1v) is 11.0. The molecule has 3 saturated carbocycles. The van der Waals surface area contributed by atoms with Gasteiger partial charge in [0.15, 0.2) is 5.96 Å². The number of nitrogens with zero attached hydrogens (tertiary/aromatic N) is 2. The average molecular weight is 488 g/mol. The van der Waals surface area contributed by atoms with E-state index in [4.69, 9.17) is 4.99 Å². The normalized spacial score (nSPS) is 27.8. The number of halogens is 1. The van der Waals surface area contributed by atoms with Gasteiger partial charge in [-0.2, -0.15) is 0 Å². The molecule has 1 heterocycles. The molecule has 6 heteroatoms. The molecule has 0 bridgehead atoms. The van der Waals surface area contributed by atoms with E-state index in [0.717, 1.165) is 57.3 Å². The highest BCUT2D eigenvalue weighted by Gasteiger charge is 2.53. The van der Waals surface area contributed by atoms with Crippen LogP contribution in [0, 0.1) is 17.3 Å². The molecule has 2 N–H and O–H groups in total. The maximum Gasteiger partial charge on any atom is 0.225 e. The Hall–Kier alpha value is -0.530. The summed E-state index contributed by atoms with van der Waals surface area (Å²) in [6.45, 7) is 5.73. The number of hydrogen-bond donors (Lipinski definition) is 2. The summed E-state index contributed by atoms with van der Waals surface area (Å²) in [7, 11) is 0. The van der Waals surface area contributed by atoms with Crippen LogP contribution in [0.5, 0.6) is 0 Å². The first-order valence-electron chi connectivity index (χ1n) is 11.0. The molecule has 1 aliphatic heterocycles. The smallest absolute Gasteiger partial charge is 0.225 e. The Labute approximate surface area is 181 Å². The van der Waals surface area contributed by atoms with Crippen LogP contribution < -0.4 is 10.6 Å². The molecule has 1 atom stereocenters. The minimum Gasteiger partial charge on any atom is -0.357 e. The summed E-state index contributed by atoms with van der Waals surface area (Å²) in [5.41, 5.74) is 0.543. The molecule has 4 rings (SSSR count). The molecular formula is C21H37IN4O. The number of amides is 1. The standard InChI is InChI=1S/C21H36N4O.HI/c1-2-22-20(23-15-21(11-12-21)17-8-9-17)24-18-10-13-25(14-18)19(26)16-6-4-3-5-7-16;/h16-18H,2-15H2,1H3,(H2,22,23,24);1H. The number of guanidine groups is 1. The summed E-state index contributed by atoms with van der Waals surface area (Å²) in [5, 5.41) is 7.02. The van der Waals surface area contributed by atoms with Crippen LogP contribution in [0.1, 0.15) is 71.1 Å². The lowest BCUT2D eigenvalue weighted by Crippen LogP contribution is -2.45. The lowest BCUT2D eigenvalue weighted by Gasteiger charge is -2.26. The monoisotopic (exact) mass is 488 g/mol. The van der Waals surface area contributed by atoms with Crippen LogP contribution in [0.3, 0.4) is 0 Å². The van der Waals surface area contributed by atoms with Crippen LogP contribution in [0.4, 0.5) is 0 Å². The molecule has 27 heavy (non-hydrogen) atoms. The maximum atomic E-state index is 12.8. The minimum atomic E-state index is 0. The van der Waals surface area contributed by atoms with Crippen LogP contribution in [-0.2, 0) is 4.79 Å². The van der Waals surface area contributed by atoms with Crippen LogP contribution in [0.25, 0.3) is 0 Å². The van der Waals surface area contributed by atoms with Gasteiger partial charge in [0.25, 0.3) is 0 Å². The van der Waals surface area contributed by atoms with Crippen molar-refractivity contribution in [2.45, 2.75) is 77.2 Å². The van der Waals surface area contributed by atoms with E-state index in [2.05, 4.69) is 22.5 Å². The number of nitrogens with one attached hydrogen (secondary N) is 2. The largest absolute Gasteiger partial charge is 0.357 e. The number of hydrogen-bond acceptors (Lipinski definition) is 2. The Morgan fingerprint density at radius 1 is 1.11 bits per heavy atom. The number of aliphatic imine (C=N–C) groups is 1. The van der Waals surface area contributed by atoms with Gasteiger partial charge in [0.2, 0.25) is 5.91 Å². The summed E-state index contributed by atoms with van der Waals surface area (Å²) >= 11 is 0. The van der Waals surface area contributed by atoms with E-state index in [1.165, 1.54) is 44.9 Å². The zero-order valence-electron chi connectivity index (χ0n) is 16.8. The summed E-state index contributed by atoms with van der Waals surface area (Å²) < 4.78 is 0. The number of carbonyl (C=O) groups excluding carboxylic acids is 1. The molecule has 0 aromatic heterocycles. The van der Waals surface area contributed by atoms with Gasteiger partial charge in [-0.25, -0.2) is 0 Å². The molecule has 1 unspecified atom stereocenters. The van der Waals surface area contributed by atoms with Gasteiger partial charge in [-0.1, -0.05) is 19.3 Å². The fourth-order valence-corrected chi connectivity index (χ4v) is 4.99. The van der Waals surface area contributed by atoms with Crippen molar-refractivity contribution < 1.29 is 4.79 Å². The van der Waals surface area contributed by atoms with Gasteiger partial charge in [-0.3, -0.25) is 9.79 Å². The third-order valence-electron chi connectivity index (χ3n) is 7.03. The van der Waals surface area contributed by atoms with Crippen molar-refractivity contribution >= 4 is 35.8 Å². The molecule has 0 radical (unpaired) electrons. The molecule has 5 nitrogen and oxygen atoms in total. The van der Waals surface area contributed by atoms with E-state index in [1.807, 2.05) is 0 Å². The van der Waals surface area contributed by atoms with Crippen molar-refractivity contribution in [3.8, 4) is 0 Å². The van der Waals surface area contributed by atoms with E-state index in [0.29, 0.717) is 17.4 Å². The summed E-state index contributed by atoms with van der Waals surface area (Å²) in [6, 6.07) is 0.344. The van der Waals surface area contributed by atoms with Crippen molar-refractivity contribution in [2.24, 2.45) is 22.2 Å². The van der Waals surface area contributed by atoms with Crippen molar-refractivity contribution in [1.82, 2.24) is 15.5 Å². The van der Waals surface area contributed by atoms with Crippen molar-refractivity contribution in [1.29, 1.82) is 0 Å². The predicted octanol–water partition coefficient (Wildman–Crippen LogP) is 3.53. The molecule has 1 amide bonds. The van der Waals surface area contributed by atoms with Gasteiger partial charge in [0, 0.05) is 38.1 Å². The number of likely N-dealkylation sites (tertiary alicyclic amines) is 1. The Balaban J connectivity index is 0.00000210. The SMILES string of the molecule is CCNC(=NCC1(C2CC2)CC1)NC1CCN(C(=O)C2CCCCC2)C1.I. The van der Waals surface area contributed by atoms with Crippen molar-refractivity contribution in [3.05, 3.63) is 0 Å². The Morgan fingerprint density at radius 2 is 1.85 bits per heavy atom. The molecule has 0 aromatic carbocycles. The number of rotatable bonds is 6. The molecule has 4 fully saturated rings. The van der Waals surface area contributed by atoms with Gasteiger partial charge < -0.3 is 15.5 Å². The van der Waals surface area contributed by atoms with Gasteiger partial charge in [0.1, 0.15) is 0 Å². The Bertz CT molecular complexity index is 538. The van der Waals surface area contributed by atoms with E-state index < -0.39 is 0 Å². The van der Waals surface area contributed by atoms with Crippen LogP contribution in [0.15, 0.2) is 4.99 Å². The molecular weight excluding hydrogens is 451 g/mol. The summed E-state index contributed by atoms with van der Waals surface area (Å²) in [4.78, 5) is 19.8. The van der Waals surface area contributed by atoms with Crippen LogP contribution in [0.2, 0.25) is 0 Å². The van der Waals surface area contributed by atoms with E-state index >= 15 is 0 Å². The minimum absolute atomic E-state index is 0. The fourth-order valence-electron chi connectivity index (χ4n) is 4.99. The van der Waals surface area contributed by atoms with Gasteiger partial charge in [-0.15, -0.1) is 24.0 Å². The van der Waals surface area contributed by atoms with E-state index in [-0.39, 0.29) is 29.9 Å². The lowest BCUT2D eigenvalue weighted by molar-refractivity contribution is -0.135. The quantitative estimate of drug-likeness (QED) is 0.342. The third kappa shape index (κ3) is 5.30. The van der Waals surface area contributed by atoms with Crippen molar-refractivity contribution in [2.75, 3.05) is 26.2 Å². The highest BCUT2D eigenvalue weighted by atomic mass is 127. The van der Waals surface area contributed by atoms with Gasteiger partial charge in [0.05, 0.1) is 0 Å². The molecule has 0 aromatic rings. The Kier molecular flexibility index (Phi) is 7.31.